The first kappa shape index (κ1) is 27.2. The van der Waals surface area contributed by atoms with Crippen molar-refractivity contribution in [3.63, 3.8) is 0 Å². The van der Waals surface area contributed by atoms with Gasteiger partial charge in [-0.05, 0) is 75.6 Å². The summed E-state index contributed by atoms with van der Waals surface area (Å²) in [6.07, 6.45) is 4.76. The molecule has 3 heterocycles. The lowest BCUT2D eigenvalue weighted by Gasteiger charge is -2.41. The van der Waals surface area contributed by atoms with Crippen LogP contribution < -0.4 is 10.2 Å². The molecule has 0 saturated carbocycles. The molecule has 0 bridgehead atoms. The molecular formula is C26H34Cl3N5O2. The highest BCUT2D eigenvalue weighted by molar-refractivity contribution is 6.35. The fourth-order valence-corrected chi connectivity index (χ4v) is 6.13. The summed E-state index contributed by atoms with van der Waals surface area (Å²) in [5.74, 6) is 1.85. The largest absolute Gasteiger partial charge is 0.481 e. The van der Waals surface area contributed by atoms with E-state index < -0.39 is 5.97 Å². The average Bonchev–Trinajstić information content (AvgIpc) is 2.85. The molecule has 0 aliphatic carbocycles. The van der Waals surface area contributed by atoms with Crippen LogP contribution in [0.1, 0.15) is 56.3 Å². The van der Waals surface area contributed by atoms with Gasteiger partial charge < -0.3 is 20.2 Å². The number of carbonyl (C=O) groups is 1. The number of hydrogen-bond acceptors (Lipinski definition) is 6. The maximum atomic E-state index is 11.0. The van der Waals surface area contributed by atoms with Gasteiger partial charge in [-0.25, -0.2) is 4.98 Å². The van der Waals surface area contributed by atoms with E-state index in [1.54, 1.807) is 6.07 Å². The van der Waals surface area contributed by atoms with Crippen molar-refractivity contribution in [3.05, 3.63) is 44.5 Å². The predicted molar refractivity (Wildman–Crippen MR) is 147 cm³/mol. The Hall–Kier alpha value is -1.80. The van der Waals surface area contributed by atoms with E-state index in [2.05, 4.69) is 15.1 Å². The van der Waals surface area contributed by atoms with E-state index in [1.807, 2.05) is 26.0 Å². The van der Waals surface area contributed by atoms with Gasteiger partial charge >= 0.3 is 5.97 Å². The highest BCUT2D eigenvalue weighted by atomic mass is 35.5. The zero-order chi connectivity index (χ0) is 25.8. The molecule has 0 radical (unpaired) electrons. The number of nitrogens with zero attached hydrogens (tertiary/aromatic N) is 4. The Morgan fingerprint density at radius 2 is 1.89 bits per heavy atom. The zero-order valence-electron chi connectivity index (χ0n) is 20.8. The van der Waals surface area contributed by atoms with Crippen molar-refractivity contribution in [2.75, 3.05) is 42.9 Å². The second-order valence-corrected chi connectivity index (χ2v) is 11.2. The first-order chi connectivity index (χ1) is 17.2. The number of likely N-dealkylation sites (tertiary alicyclic amines) is 1. The molecular weight excluding hydrogens is 521 g/mol. The molecule has 2 saturated heterocycles. The molecule has 1 aromatic heterocycles. The van der Waals surface area contributed by atoms with Gasteiger partial charge in [0.15, 0.2) is 5.82 Å². The Bertz CT molecular complexity index is 1080. The molecule has 2 aromatic rings. The van der Waals surface area contributed by atoms with Crippen molar-refractivity contribution in [2.24, 2.45) is 11.8 Å². The van der Waals surface area contributed by atoms with Gasteiger partial charge in [-0.15, -0.1) is 0 Å². The van der Waals surface area contributed by atoms with Crippen molar-refractivity contribution in [1.82, 2.24) is 14.9 Å². The van der Waals surface area contributed by atoms with Crippen LogP contribution in [-0.4, -0.2) is 58.7 Å². The van der Waals surface area contributed by atoms with Gasteiger partial charge in [0.05, 0.1) is 18.2 Å². The van der Waals surface area contributed by atoms with Gasteiger partial charge in [0.2, 0.25) is 5.95 Å². The second-order valence-electron chi connectivity index (χ2n) is 9.97. The number of piperidine rings is 2. The number of carboxylic acid groups (broad SMARTS) is 1. The van der Waals surface area contributed by atoms with Crippen molar-refractivity contribution in [2.45, 2.75) is 52.0 Å². The van der Waals surface area contributed by atoms with Crippen LogP contribution in [-0.2, 0) is 4.79 Å². The van der Waals surface area contributed by atoms with E-state index in [1.165, 1.54) is 6.42 Å². The van der Waals surface area contributed by atoms with Crippen LogP contribution in [0.4, 0.5) is 11.8 Å². The Labute approximate surface area is 228 Å². The molecule has 0 amide bonds. The lowest BCUT2D eigenvalue weighted by Crippen LogP contribution is -2.43. The minimum Gasteiger partial charge on any atom is -0.481 e. The number of nitrogens with one attached hydrogen (secondary N) is 1. The van der Waals surface area contributed by atoms with Gasteiger partial charge in [0, 0.05) is 36.2 Å². The fourth-order valence-electron chi connectivity index (χ4n) is 5.42. The highest BCUT2D eigenvalue weighted by Crippen LogP contribution is 2.35. The number of rotatable bonds is 8. The molecule has 4 rings (SSSR count). The summed E-state index contributed by atoms with van der Waals surface area (Å²) in [7, 11) is 0. The molecule has 36 heavy (non-hydrogen) atoms. The van der Waals surface area contributed by atoms with Crippen molar-refractivity contribution in [1.29, 1.82) is 0 Å². The van der Waals surface area contributed by atoms with Gasteiger partial charge in [0.25, 0.3) is 0 Å². The molecule has 0 spiro atoms. The normalized spacial score (nSPS) is 20.4. The predicted octanol–water partition coefficient (Wildman–Crippen LogP) is 6.32. The Kier molecular flexibility index (Phi) is 9.20. The van der Waals surface area contributed by atoms with Gasteiger partial charge in [-0.3, -0.25) is 4.79 Å². The van der Waals surface area contributed by atoms with Crippen LogP contribution in [0.25, 0.3) is 0 Å². The molecule has 10 heteroatoms. The topological polar surface area (TPSA) is 81.6 Å². The minimum absolute atomic E-state index is 0.115. The number of aryl methyl sites for hydroxylation is 1. The van der Waals surface area contributed by atoms with Crippen LogP contribution in [0.3, 0.4) is 0 Å². The summed E-state index contributed by atoms with van der Waals surface area (Å²) in [6, 6.07) is 5.34. The third-order valence-corrected chi connectivity index (χ3v) is 8.48. The van der Waals surface area contributed by atoms with Gasteiger partial charge in [-0.2, -0.15) is 4.98 Å². The molecule has 1 aromatic carbocycles. The van der Waals surface area contributed by atoms with Crippen molar-refractivity contribution < 1.29 is 9.90 Å². The Morgan fingerprint density at radius 1 is 1.14 bits per heavy atom. The monoisotopic (exact) mass is 553 g/mol. The molecule has 2 N–H and O–H groups in total. The smallest absolute Gasteiger partial charge is 0.304 e. The summed E-state index contributed by atoms with van der Waals surface area (Å²) in [4.78, 5) is 25.0. The number of carboxylic acids is 1. The molecule has 2 aliphatic heterocycles. The third-order valence-electron chi connectivity index (χ3n) is 7.46. The summed E-state index contributed by atoms with van der Waals surface area (Å²) < 4.78 is 0. The van der Waals surface area contributed by atoms with E-state index in [0.717, 1.165) is 56.7 Å². The number of anilines is 2. The molecule has 2 aliphatic rings. The van der Waals surface area contributed by atoms with Gasteiger partial charge in [-0.1, -0.05) is 40.9 Å². The van der Waals surface area contributed by atoms with Crippen LogP contribution in [0, 0.1) is 18.8 Å². The average molecular weight is 555 g/mol. The summed E-state index contributed by atoms with van der Waals surface area (Å²) in [5, 5.41) is 14.1. The summed E-state index contributed by atoms with van der Waals surface area (Å²) in [5.41, 5.74) is 1.66. The minimum atomic E-state index is -0.719. The van der Waals surface area contributed by atoms with E-state index in [0.29, 0.717) is 45.2 Å². The third kappa shape index (κ3) is 6.74. The first-order valence-electron chi connectivity index (χ1n) is 12.7. The molecule has 2 fully saturated rings. The summed E-state index contributed by atoms with van der Waals surface area (Å²) in [6.45, 7) is 8.38. The van der Waals surface area contributed by atoms with E-state index in [9.17, 15) is 4.79 Å². The number of halogens is 3. The van der Waals surface area contributed by atoms with Crippen LogP contribution in [0.15, 0.2) is 18.2 Å². The second kappa shape index (κ2) is 12.2. The lowest BCUT2D eigenvalue weighted by atomic mass is 9.79. The summed E-state index contributed by atoms with van der Waals surface area (Å²) >= 11 is 19.0. The maximum Gasteiger partial charge on any atom is 0.304 e. The SMILES string of the molecule is Cc1nc(N2CCC(C3CCCN(CCC(=O)O)C3)CC2)nc(N[C@H](C)c2ccc(Cl)cc2Cl)c1Cl. The molecule has 7 nitrogen and oxygen atoms in total. The van der Waals surface area contributed by atoms with Crippen LogP contribution in [0.5, 0.6) is 0 Å². The first-order valence-corrected chi connectivity index (χ1v) is 13.8. The molecule has 1 unspecified atom stereocenters. The molecule has 196 valence electrons. The maximum absolute atomic E-state index is 11.0. The Balaban J connectivity index is 1.39. The number of aromatic nitrogens is 2. The van der Waals surface area contributed by atoms with Gasteiger partial charge in [0.1, 0.15) is 5.02 Å². The standard InChI is InChI=1S/C26H34Cl3N5O2/c1-16(21-6-5-20(27)14-22(21)28)30-25-24(29)17(2)31-26(32-25)34-12-7-18(8-13-34)19-4-3-10-33(15-19)11-9-23(35)36/h5-6,14,16,18-19H,3-4,7-13,15H2,1-2H3,(H,35,36)(H,30,31,32)/t16-,19?/m1/s1. The van der Waals surface area contributed by atoms with E-state index in [4.69, 9.17) is 49.9 Å². The zero-order valence-corrected chi connectivity index (χ0v) is 23.1. The van der Waals surface area contributed by atoms with Crippen LogP contribution >= 0.6 is 34.8 Å². The van der Waals surface area contributed by atoms with Crippen LogP contribution in [0.2, 0.25) is 15.1 Å². The highest BCUT2D eigenvalue weighted by Gasteiger charge is 2.31. The van der Waals surface area contributed by atoms with E-state index >= 15 is 0 Å². The van der Waals surface area contributed by atoms with Crippen molar-refractivity contribution in [3.8, 4) is 0 Å². The number of hydrogen-bond donors (Lipinski definition) is 2. The van der Waals surface area contributed by atoms with Crippen molar-refractivity contribution >= 4 is 52.5 Å². The number of benzene rings is 1. The fraction of sp³-hybridized carbons (Fsp3) is 0.577. The quantitative estimate of drug-likeness (QED) is 0.395. The van der Waals surface area contributed by atoms with E-state index in [-0.39, 0.29) is 12.5 Å². The Morgan fingerprint density at radius 3 is 2.58 bits per heavy atom. The molecule has 2 atom stereocenters. The number of aliphatic carboxylic acids is 1. The lowest BCUT2D eigenvalue weighted by molar-refractivity contribution is -0.137.